The Morgan fingerprint density at radius 1 is 1.04 bits per heavy atom. The molecule has 0 atom stereocenters. The molecule has 6 nitrogen and oxygen atoms in total. The number of amides is 1. The first-order chi connectivity index (χ1) is 13.2. The molecule has 6 heteroatoms. The lowest BCUT2D eigenvalue weighted by atomic mass is 10.1. The van der Waals surface area contributed by atoms with Crippen molar-refractivity contribution in [1.82, 2.24) is 4.98 Å². The summed E-state index contributed by atoms with van der Waals surface area (Å²) in [6.45, 7) is 2.90. The Hall–Kier alpha value is -3.54. The van der Waals surface area contributed by atoms with Crippen LogP contribution < -0.4 is 20.1 Å². The van der Waals surface area contributed by atoms with Gasteiger partial charge in [0, 0.05) is 30.1 Å². The van der Waals surface area contributed by atoms with Gasteiger partial charge in [0.15, 0.2) is 11.5 Å². The van der Waals surface area contributed by atoms with Crippen molar-refractivity contribution >= 4 is 17.4 Å². The van der Waals surface area contributed by atoms with Crippen LogP contribution in [0.2, 0.25) is 0 Å². The SMILES string of the molecule is Cc1ccc(CNc2cc(C(=O)Nc3ccc4c(c3)OCO4)ccn2)cc1. The van der Waals surface area contributed by atoms with Gasteiger partial charge in [-0.05, 0) is 36.8 Å². The number of aromatic nitrogens is 1. The zero-order chi connectivity index (χ0) is 18.6. The lowest BCUT2D eigenvalue weighted by molar-refractivity contribution is 0.102. The molecule has 0 spiro atoms. The fourth-order valence-electron chi connectivity index (χ4n) is 2.74. The van der Waals surface area contributed by atoms with E-state index in [4.69, 9.17) is 9.47 Å². The van der Waals surface area contributed by atoms with Gasteiger partial charge < -0.3 is 20.1 Å². The molecule has 0 aliphatic carbocycles. The Morgan fingerprint density at radius 2 is 1.85 bits per heavy atom. The molecule has 0 bridgehead atoms. The van der Waals surface area contributed by atoms with Crippen molar-refractivity contribution in [3.8, 4) is 11.5 Å². The minimum absolute atomic E-state index is 0.201. The minimum atomic E-state index is -0.213. The van der Waals surface area contributed by atoms with E-state index in [1.807, 2.05) is 0 Å². The topological polar surface area (TPSA) is 72.5 Å². The van der Waals surface area contributed by atoms with Gasteiger partial charge in [0.2, 0.25) is 6.79 Å². The van der Waals surface area contributed by atoms with Gasteiger partial charge in [0.05, 0.1) is 0 Å². The molecular weight excluding hydrogens is 342 g/mol. The monoisotopic (exact) mass is 361 g/mol. The van der Waals surface area contributed by atoms with Crippen LogP contribution in [0.3, 0.4) is 0 Å². The third-order valence-electron chi connectivity index (χ3n) is 4.25. The van der Waals surface area contributed by atoms with Gasteiger partial charge >= 0.3 is 0 Å². The average molecular weight is 361 g/mol. The first-order valence-electron chi connectivity index (χ1n) is 8.64. The third-order valence-corrected chi connectivity index (χ3v) is 4.25. The van der Waals surface area contributed by atoms with Gasteiger partial charge in [-0.1, -0.05) is 29.8 Å². The largest absolute Gasteiger partial charge is 0.454 e. The molecule has 27 heavy (non-hydrogen) atoms. The van der Waals surface area contributed by atoms with E-state index in [2.05, 4.69) is 46.8 Å². The van der Waals surface area contributed by atoms with Crippen molar-refractivity contribution in [1.29, 1.82) is 0 Å². The molecule has 2 N–H and O–H groups in total. The number of hydrogen-bond donors (Lipinski definition) is 2. The third kappa shape index (κ3) is 4.00. The van der Waals surface area contributed by atoms with Crippen molar-refractivity contribution in [2.24, 2.45) is 0 Å². The predicted octanol–water partition coefficient (Wildman–Crippen LogP) is 3.98. The Balaban J connectivity index is 1.42. The number of ether oxygens (including phenoxy) is 2. The summed E-state index contributed by atoms with van der Waals surface area (Å²) in [7, 11) is 0. The van der Waals surface area contributed by atoms with Gasteiger partial charge in [0.25, 0.3) is 5.91 Å². The summed E-state index contributed by atoms with van der Waals surface area (Å²) in [4.78, 5) is 16.8. The van der Waals surface area contributed by atoms with Crippen LogP contribution in [0.25, 0.3) is 0 Å². The van der Waals surface area contributed by atoms with Gasteiger partial charge in [-0.2, -0.15) is 0 Å². The highest BCUT2D eigenvalue weighted by Gasteiger charge is 2.15. The number of anilines is 2. The maximum Gasteiger partial charge on any atom is 0.255 e. The molecule has 2 heterocycles. The number of pyridine rings is 1. The summed E-state index contributed by atoms with van der Waals surface area (Å²) < 4.78 is 10.6. The maximum absolute atomic E-state index is 12.5. The summed E-state index contributed by atoms with van der Waals surface area (Å²) in [5.74, 6) is 1.74. The van der Waals surface area contributed by atoms with E-state index < -0.39 is 0 Å². The zero-order valence-electron chi connectivity index (χ0n) is 14.9. The number of fused-ring (bicyclic) bond motifs is 1. The zero-order valence-corrected chi connectivity index (χ0v) is 14.9. The van der Waals surface area contributed by atoms with Crippen LogP contribution in [0.1, 0.15) is 21.5 Å². The molecule has 1 amide bonds. The number of rotatable bonds is 5. The summed E-state index contributed by atoms with van der Waals surface area (Å²) in [6, 6.07) is 17.0. The average Bonchev–Trinajstić information content (AvgIpc) is 3.15. The molecule has 136 valence electrons. The molecule has 0 saturated heterocycles. The molecule has 2 aromatic carbocycles. The van der Waals surface area contributed by atoms with Crippen LogP contribution >= 0.6 is 0 Å². The number of nitrogens with zero attached hydrogens (tertiary/aromatic N) is 1. The van der Waals surface area contributed by atoms with E-state index in [1.165, 1.54) is 5.56 Å². The van der Waals surface area contributed by atoms with Crippen LogP contribution in [-0.4, -0.2) is 17.7 Å². The summed E-state index contributed by atoms with van der Waals surface area (Å²) >= 11 is 0. The maximum atomic E-state index is 12.5. The molecule has 0 fully saturated rings. The lowest BCUT2D eigenvalue weighted by Gasteiger charge is -2.09. The van der Waals surface area contributed by atoms with Gasteiger partial charge in [-0.25, -0.2) is 4.98 Å². The smallest absolute Gasteiger partial charge is 0.255 e. The number of benzene rings is 2. The number of hydrogen-bond acceptors (Lipinski definition) is 5. The van der Waals surface area contributed by atoms with Crippen LogP contribution in [0.5, 0.6) is 11.5 Å². The molecule has 1 aromatic heterocycles. The second-order valence-corrected chi connectivity index (χ2v) is 6.29. The fraction of sp³-hybridized carbons (Fsp3) is 0.143. The van der Waals surface area contributed by atoms with Crippen LogP contribution in [0, 0.1) is 6.92 Å². The quantitative estimate of drug-likeness (QED) is 0.719. The molecule has 0 saturated carbocycles. The van der Waals surface area contributed by atoms with Crippen molar-refractivity contribution in [3.63, 3.8) is 0 Å². The Labute approximate surface area is 157 Å². The van der Waals surface area contributed by atoms with Crippen LogP contribution in [0.15, 0.2) is 60.8 Å². The molecule has 1 aliphatic heterocycles. The first kappa shape index (κ1) is 16.9. The highest BCUT2D eigenvalue weighted by atomic mass is 16.7. The van der Waals surface area contributed by atoms with Crippen molar-refractivity contribution in [2.45, 2.75) is 13.5 Å². The number of carbonyl (C=O) groups is 1. The second kappa shape index (κ2) is 7.37. The van der Waals surface area contributed by atoms with Crippen LogP contribution in [0.4, 0.5) is 11.5 Å². The van der Waals surface area contributed by atoms with E-state index in [9.17, 15) is 4.79 Å². The Kier molecular flexibility index (Phi) is 4.61. The van der Waals surface area contributed by atoms with Crippen molar-refractivity contribution in [2.75, 3.05) is 17.4 Å². The summed E-state index contributed by atoms with van der Waals surface area (Å²) in [6.07, 6.45) is 1.62. The molecular formula is C21H19N3O3. The number of nitrogens with one attached hydrogen (secondary N) is 2. The summed E-state index contributed by atoms with van der Waals surface area (Å²) in [5.41, 5.74) is 3.54. The molecule has 1 aliphatic rings. The highest BCUT2D eigenvalue weighted by Crippen LogP contribution is 2.34. The normalized spacial score (nSPS) is 11.9. The number of aryl methyl sites for hydroxylation is 1. The van der Waals surface area contributed by atoms with E-state index in [0.717, 1.165) is 5.56 Å². The lowest BCUT2D eigenvalue weighted by Crippen LogP contribution is -2.12. The first-order valence-corrected chi connectivity index (χ1v) is 8.64. The highest BCUT2D eigenvalue weighted by molar-refractivity contribution is 6.04. The number of carbonyl (C=O) groups excluding carboxylic acids is 1. The van der Waals surface area contributed by atoms with E-state index >= 15 is 0 Å². The minimum Gasteiger partial charge on any atom is -0.454 e. The van der Waals surface area contributed by atoms with E-state index in [1.54, 1.807) is 36.5 Å². The fourth-order valence-corrected chi connectivity index (χ4v) is 2.74. The standard InChI is InChI=1S/C21H19N3O3/c1-14-2-4-15(5-3-14)12-23-20-10-16(8-9-22-20)21(25)24-17-6-7-18-19(11-17)27-13-26-18/h2-11H,12-13H2,1H3,(H,22,23)(H,24,25). The van der Waals surface area contributed by atoms with Gasteiger partial charge in [0.1, 0.15) is 5.82 Å². The van der Waals surface area contributed by atoms with Gasteiger partial charge in [-0.15, -0.1) is 0 Å². The molecule has 0 radical (unpaired) electrons. The van der Waals surface area contributed by atoms with Crippen molar-refractivity contribution < 1.29 is 14.3 Å². The molecule has 4 rings (SSSR count). The van der Waals surface area contributed by atoms with Crippen molar-refractivity contribution in [3.05, 3.63) is 77.5 Å². The Bertz CT molecular complexity index is 971. The Morgan fingerprint density at radius 3 is 2.70 bits per heavy atom. The molecule has 0 unspecified atom stereocenters. The van der Waals surface area contributed by atoms with E-state index in [0.29, 0.717) is 35.1 Å². The predicted molar refractivity (Wildman–Crippen MR) is 103 cm³/mol. The molecule has 3 aromatic rings. The second-order valence-electron chi connectivity index (χ2n) is 6.29. The van der Waals surface area contributed by atoms with Crippen LogP contribution in [-0.2, 0) is 6.54 Å². The van der Waals surface area contributed by atoms with E-state index in [-0.39, 0.29) is 12.7 Å². The van der Waals surface area contributed by atoms with Gasteiger partial charge in [-0.3, -0.25) is 4.79 Å². The summed E-state index contributed by atoms with van der Waals surface area (Å²) in [5, 5.41) is 6.11.